The maximum atomic E-state index is 6.05. The summed E-state index contributed by atoms with van der Waals surface area (Å²) in [6.07, 6.45) is 0. The molecule has 0 aromatic heterocycles. The summed E-state index contributed by atoms with van der Waals surface area (Å²) in [4.78, 5) is 4.70. The molecule has 0 bridgehead atoms. The number of hydrogen-bond acceptors (Lipinski definition) is 4. The van der Waals surface area contributed by atoms with Crippen LogP contribution in [0.3, 0.4) is 0 Å². The second-order valence-electron chi connectivity index (χ2n) is 13.9. The van der Waals surface area contributed by atoms with E-state index in [1.54, 1.807) is 14.2 Å². The average molecular weight is 871 g/mol. The average Bonchev–Trinajstić information content (AvgIpc) is 3.54. The number of anilines is 6. The Hall–Kier alpha value is -6.08. The Morgan fingerprint density at radius 1 is 0.368 bits per heavy atom. The quantitative estimate of drug-likeness (QED) is 0.137. The predicted octanol–water partition coefficient (Wildman–Crippen LogP) is 14.5. The molecule has 0 spiro atoms. The Bertz CT molecular complexity index is 2420. The Kier molecular flexibility index (Phi) is 9.91. The molecular formula is C51H38Br2N2O2. The zero-order valence-electron chi connectivity index (χ0n) is 31.4. The van der Waals surface area contributed by atoms with Crippen LogP contribution in [0.1, 0.15) is 22.3 Å². The lowest BCUT2D eigenvalue weighted by atomic mass is 9.66. The van der Waals surface area contributed by atoms with Gasteiger partial charge < -0.3 is 19.3 Å². The van der Waals surface area contributed by atoms with E-state index in [4.69, 9.17) is 9.47 Å². The van der Waals surface area contributed by atoms with Crippen LogP contribution >= 0.6 is 31.9 Å². The highest BCUT2D eigenvalue weighted by atomic mass is 79.9. The van der Waals surface area contributed by atoms with Gasteiger partial charge in [-0.3, -0.25) is 0 Å². The molecule has 0 fully saturated rings. The van der Waals surface area contributed by atoms with Crippen molar-refractivity contribution >= 4 is 66.0 Å². The van der Waals surface area contributed by atoms with E-state index in [9.17, 15) is 0 Å². The number of benzene rings is 8. The normalized spacial score (nSPS) is 12.4. The van der Waals surface area contributed by atoms with E-state index >= 15 is 0 Å². The summed E-state index contributed by atoms with van der Waals surface area (Å²) in [6.45, 7) is 0. The lowest BCUT2D eigenvalue weighted by Gasteiger charge is -2.41. The highest BCUT2D eigenvalue weighted by Gasteiger charge is 2.50. The molecule has 0 atom stereocenters. The number of halogens is 2. The molecule has 9 rings (SSSR count). The molecule has 0 radical (unpaired) electrons. The van der Waals surface area contributed by atoms with Crippen molar-refractivity contribution in [2.24, 2.45) is 0 Å². The highest BCUT2D eigenvalue weighted by molar-refractivity contribution is 9.10. The second-order valence-corrected chi connectivity index (χ2v) is 15.7. The van der Waals surface area contributed by atoms with Crippen molar-refractivity contribution in [2.75, 3.05) is 24.0 Å². The molecule has 278 valence electrons. The van der Waals surface area contributed by atoms with Crippen LogP contribution in [0, 0.1) is 0 Å². The number of nitrogens with zero attached hydrogens (tertiary/aromatic N) is 2. The Morgan fingerprint density at radius 3 is 1.02 bits per heavy atom. The number of hydrogen-bond donors (Lipinski definition) is 0. The van der Waals surface area contributed by atoms with E-state index in [-0.39, 0.29) is 0 Å². The van der Waals surface area contributed by atoms with E-state index < -0.39 is 5.41 Å². The minimum absolute atomic E-state index is 0.757. The standard InChI is InChI=1S/C51H38Br2N2O2/c1-56-41-25-29-45(49(33-41)54(37-15-7-3-8-16-37)38-17-9-4-10-18-38)51(47-31-35(52)23-27-43(47)44-28-24-36(53)32-48(44)51)46-30-26-42(57-2)34-50(46)55(39-19-11-5-12-20-39)40-21-13-6-14-22-40/h3-34H,1-2H3. The van der Waals surface area contributed by atoms with Gasteiger partial charge in [-0.15, -0.1) is 0 Å². The number of para-hydroxylation sites is 4. The van der Waals surface area contributed by atoms with Crippen molar-refractivity contribution in [1.29, 1.82) is 0 Å². The van der Waals surface area contributed by atoms with Crippen molar-refractivity contribution in [1.82, 2.24) is 0 Å². The third-order valence-corrected chi connectivity index (χ3v) is 11.8. The summed E-state index contributed by atoms with van der Waals surface area (Å²) in [6, 6.07) is 68.8. The van der Waals surface area contributed by atoms with Gasteiger partial charge in [-0.25, -0.2) is 0 Å². The van der Waals surface area contributed by atoms with Crippen molar-refractivity contribution in [3.05, 3.63) is 225 Å². The summed E-state index contributed by atoms with van der Waals surface area (Å²) in [5.74, 6) is 1.51. The molecule has 0 heterocycles. The fourth-order valence-corrected chi connectivity index (χ4v) is 9.16. The van der Waals surface area contributed by atoms with Gasteiger partial charge >= 0.3 is 0 Å². The van der Waals surface area contributed by atoms with Gasteiger partial charge in [0.05, 0.1) is 31.0 Å². The molecule has 1 aliphatic carbocycles. The van der Waals surface area contributed by atoms with Gasteiger partial charge in [-0.05, 0) is 118 Å². The number of ether oxygens (including phenoxy) is 2. The molecule has 57 heavy (non-hydrogen) atoms. The number of fused-ring (bicyclic) bond motifs is 3. The topological polar surface area (TPSA) is 24.9 Å². The smallest absolute Gasteiger partial charge is 0.120 e. The van der Waals surface area contributed by atoms with Gasteiger partial charge in [-0.2, -0.15) is 0 Å². The first-order valence-electron chi connectivity index (χ1n) is 18.8. The van der Waals surface area contributed by atoms with Crippen LogP contribution in [0.5, 0.6) is 11.5 Å². The molecule has 0 aliphatic heterocycles. The molecule has 8 aromatic rings. The number of methoxy groups -OCH3 is 2. The molecule has 0 saturated heterocycles. The van der Waals surface area contributed by atoms with Crippen molar-refractivity contribution in [3.8, 4) is 22.6 Å². The van der Waals surface area contributed by atoms with Crippen LogP contribution in [-0.2, 0) is 5.41 Å². The summed E-state index contributed by atoms with van der Waals surface area (Å²) >= 11 is 7.88. The third-order valence-electron chi connectivity index (χ3n) is 10.8. The first-order valence-corrected chi connectivity index (χ1v) is 20.4. The maximum absolute atomic E-state index is 6.05. The Balaban J connectivity index is 1.49. The van der Waals surface area contributed by atoms with Crippen LogP contribution in [0.2, 0.25) is 0 Å². The van der Waals surface area contributed by atoms with Gasteiger partial charge in [0.25, 0.3) is 0 Å². The van der Waals surface area contributed by atoms with Crippen molar-refractivity contribution in [2.45, 2.75) is 5.41 Å². The molecule has 1 aliphatic rings. The van der Waals surface area contributed by atoms with E-state index in [0.717, 1.165) is 76.8 Å². The number of rotatable bonds is 10. The molecular weight excluding hydrogens is 832 g/mol. The summed E-state index contributed by atoms with van der Waals surface area (Å²) in [7, 11) is 3.47. The molecule has 6 heteroatoms. The maximum Gasteiger partial charge on any atom is 0.120 e. The summed E-state index contributed by atoms with van der Waals surface area (Å²) in [5.41, 5.74) is 12.0. The predicted molar refractivity (Wildman–Crippen MR) is 242 cm³/mol. The second kappa shape index (κ2) is 15.5. The van der Waals surface area contributed by atoms with Gasteiger partial charge in [0.2, 0.25) is 0 Å². The van der Waals surface area contributed by atoms with Crippen LogP contribution in [0.15, 0.2) is 203 Å². The van der Waals surface area contributed by atoms with E-state index in [1.807, 2.05) is 0 Å². The lowest BCUT2D eigenvalue weighted by Crippen LogP contribution is -2.32. The fourth-order valence-electron chi connectivity index (χ4n) is 8.44. The van der Waals surface area contributed by atoms with Crippen LogP contribution in [-0.4, -0.2) is 14.2 Å². The monoisotopic (exact) mass is 868 g/mol. The highest BCUT2D eigenvalue weighted by Crippen LogP contribution is 2.62. The molecule has 0 saturated carbocycles. The minimum Gasteiger partial charge on any atom is -0.497 e. The lowest BCUT2D eigenvalue weighted by molar-refractivity contribution is 0.414. The minimum atomic E-state index is -0.884. The zero-order valence-corrected chi connectivity index (χ0v) is 34.6. The van der Waals surface area contributed by atoms with Crippen molar-refractivity contribution in [3.63, 3.8) is 0 Å². The summed E-state index contributed by atoms with van der Waals surface area (Å²) in [5, 5.41) is 0. The molecule has 8 aromatic carbocycles. The van der Waals surface area contributed by atoms with Gasteiger partial charge in [0.1, 0.15) is 11.5 Å². The van der Waals surface area contributed by atoms with Gasteiger partial charge in [0.15, 0.2) is 0 Å². The third kappa shape index (κ3) is 6.39. The van der Waals surface area contributed by atoms with Crippen LogP contribution in [0.25, 0.3) is 11.1 Å². The molecule has 0 amide bonds. The van der Waals surface area contributed by atoms with E-state index in [1.165, 1.54) is 11.1 Å². The van der Waals surface area contributed by atoms with E-state index in [0.29, 0.717) is 0 Å². The summed E-state index contributed by atoms with van der Waals surface area (Å²) < 4.78 is 14.1. The Morgan fingerprint density at radius 2 is 0.702 bits per heavy atom. The van der Waals surface area contributed by atoms with E-state index in [2.05, 4.69) is 236 Å². The van der Waals surface area contributed by atoms with Gasteiger partial charge in [-0.1, -0.05) is 129 Å². The van der Waals surface area contributed by atoms with Crippen LogP contribution < -0.4 is 19.3 Å². The Labute approximate surface area is 350 Å². The SMILES string of the molecule is COc1ccc(C2(c3ccc(OC)cc3N(c3ccccc3)c3ccccc3)c3cc(Br)ccc3-c3ccc(Br)cc32)c(N(c2ccccc2)c2ccccc2)c1. The first-order chi connectivity index (χ1) is 28.0. The molecule has 0 unspecified atom stereocenters. The largest absolute Gasteiger partial charge is 0.497 e. The molecule has 0 N–H and O–H groups in total. The zero-order chi connectivity index (χ0) is 38.9. The molecule has 4 nitrogen and oxygen atoms in total. The van der Waals surface area contributed by atoms with Crippen LogP contribution in [0.4, 0.5) is 34.1 Å². The first kappa shape index (κ1) is 36.6. The van der Waals surface area contributed by atoms with Gasteiger partial charge in [0, 0.05) is 43.8 Å². The fraction of sp³-hybridized carbons (Fsp3) is 0.0588. The van der Waals surface area contributed by atoms with Crippen molar-refractivity contribution < 1.29 is 9.47 Å².